The van der Waals surface area contributed by atoms with Crippen LogP contribution in [0, 0.1) is 5.92 Å². The fourth-order valence-electron chi connectivity index (χ4n) is 3.24. The molecule has 1 heterocycles. The highest BCUT2D eigenvalue weighted by molar-refractivity contribution is 5.83. The molecule has 0 aliphatic carbocycles. The molecule has 1 atom stereocenters. The van der Waals surface area contributed by atoms with E-state index < -0.39 is 0 Å². The third-order valence-corrected chi connectivity index (χ3v) is 4.25. The molecule has 0 saturated carbocycles. The highest BCUT2D eigenvalue weighted by Crippen LogP contribution is 2.24. The van der Waals surface area contributed by atoms with E-state index in [9.17, 15) is 0 Å². The molecule has 0 aliphatic heterocycles. The smallest absolute Gasteiger partial charge is 0.0456 e. The largest absolute Gasteiger partial charge is 0.361 e. The van der Waals surface area contributed by atoms with Gasteiger partial charge in [0.05, 0.1) is 0 Å². The van der Waals surface area contributed by atoms with Gasteiger partial charge in [0, 0.05) is 17.1 Å². The van der Waals surface area contributed by atoms with Crippen LogP contribution in [0.1, 0.15) is 30.9 Å². The van der Waals surface area contributed by atoms with Crippen molar-refractivity contribution in [2.75, 3.05) is 0 Å². The van der Waals surface area contributed by atoms with Crippen molar-refractivity contribution in [3.8, 4) is 0 Å². The molecule has 1 heteroatoms. The molecule has 21 heavy (non-hydrogen) atoms. The van der Waals surface area contributed by atoms with Crippen molar-refractivity contribution in [1.82, 2.24) is 4.98 Å². The van der Waals surface area contributed by atoms with Gasteiger partial charge in [0.2, 0.25) is 0 Å². The molecule has 3 aromatic rings. The molecule has 0 fully saturated rings. The normalized spacial score (nSPS) is 12.6. The molecule has 108 valence electrons. The van der Waals surface area contributed by atoms with Crippen LogP contribution in [0.2, 0.25) is 0 Å². The minimum atomic E-state index is 0.719. The van der Waals surface area contributed by atoms with E-state index in [0.717, 1.165) is 12.3 Å². The zero-order valence-corrected chi connectivity index (χ0v) is 12.7. The van der Waals surface area contributed by atoms with Gasteiger partial charge in [0.25, 0.3) is 0 Å². The first-order valence-electron chi connectivity index (χ1n) is 7.95. The molecule has 1 aromatic heterocycles. The number of benzene rings is 2. The van der Waals surface area contributed by atoms with E-state index in [1.54, 1.807) is 0 Å². The van der Waals surface area contributed by atoms with Crippen molar-refractivity contribution in [2.45, 2.75) is 32.6 Å². The number of fused-ring (bicyclic) bond motifs is 1. The van der Waals surface area contributed by atoms with E-state index in [-0.39, 0.29) is 0 Å². The van der Waals surface area contributed by atoms with Gasteiger partial charge in [-0.3, -0.25) is 0 Å². The Hall–Kier alpha value is -2.02. The molecule has 1 N–H and O–H groups in total. The first-order chi connectivity index (χ1) is 10.4. The summed E-state index contributed by atoms with van der Waals surface area (Å²) in [5.41, 5.74) is 4.17. The zero-order chi connectivity index (χ0) is 14.5. The van der Waals surface area contributed by atoms with Crippen LogP contribution in [0.5, 0.6) is 0 Å². The van der Waals surface area contributed by atoms with Crippen molar-refractivity contribution in [2.24, 2.45) is 5.92 Å². The Morgan fingerprint density at radius 2 is 1.67 bits per heavy atom. The van der Waals surface area contributed by atoms with Gasteiger partial charge in [-0.25, -0.2) is 0 Å². The molecule has 3 rings (SSSR count). The Morgan fingerprint density at radius 3 is 2.48 bits per heavy atom. The number of para-hydroxylation sites is 1. The van der Waals surface area contributed by atoms with Gasteiger partial charge in [0.15, 0.2) is 0 Å². The molecule has 1 nitrogen and oxygen atoms in total. The summed E-state index contributed by atoms with van der Waals surface area (Å²) in [7, 11) is 0. The summed E-state index contributed by atoms with van der Waals surface area (Å²) in [5, 5.41) is 1.38. The van der Waals surface area contributed by atoms with Crippen molar-refractivity contribution >= 4 is 10.9 Å². The summed E-state index contributed by atoms with van der Waals surface area (Å²) in [4.78, 5) is 3.40. The van der Waals surface area contributed by atoms with E-state index >= 15 is 0 Å². The molecular weight excluding hydrogens is 254 g/mol. The first kappa shape index (κ1) is 13.9. The average molecular weight is 277 g/mol. The van der Waals surface area contributed by atoms with Gasteiger partial charge in [-0.05, 0) is 36.0 Å². The lowest BCUT2D eigenvalue weighted by molar-refractivity contribution is 0.475. The van der Waals surface area contributed by atoms with Crippen molar-refractivity contribution in [3.63, 3.8) is 0 Å². The van der Waals surface area contributed by atoms with Gasteiger partial charge in [-0.1, -0.05) is 68.3 Å². The maximum absolute atomic E-state index is 3.40. The lowest BCUT2D eigenvalue weighted by atomic mass is 9.89. The second-order valence-corrected chi connectivity index (χ2v) is 5.91. The fourth-order valence-corrected chi connectivity index (χ4v) is 3.24. The Labute approximate surface area is 127 Å². The van der Waals surface area contributed by atoms with Gasteiger partial charge in [-0.2, -0.15) is 0 Å². The summed E-state index contributed by atoms with van der Waals surface area (Å²) >= 11 is 0. The number of aromatic nitrogens is 1. The van der Waals surface area contributed by atoms with Crippen LogP contribution >= 0.6 is 0 Å². The van der Waals surface area contributed by atoms with Crippen molar-refractivity contribution in [1.29, 1.82) is 0 Å². The van der Waals surface area contributed by atoms with Crippen LogP contribution in [0.15, 0.2) is 60.8 Å². The van der Waals surface area contributed by atoms with Crippen LogP contribution < -0.4 is 0 Å². The van der Waals surface area contributed by atoms with Gasteiger partial charge >= 0.3 is 0 Å². The van der Waals surface area contributed by atoms with Crippen LogP contribution in [0.25, 0.3) is 10.9 Å². The fraction of sp³-hybridized carbons (Fsp3) is 0.300. The quantitative estimate of drug-likeness (QED) is 0.623. The summed E-state index contributed by atoms with van der Waals surface area (Å²) in [6.45, 7) is 2.28. The lowest BCUT2D eigenvalue weighted by Gasteiger charge is -2.16. The Balaban J connectivity index is 1.78. The van der Waals surface area contributed by atoms with Crippen molar-refractivity contribution < 1.29 is 0 Å². The monoisotopic (exact) mass is 277 g/mol. The van der Waals surface area contributed by atoms with E-state index in [1.807, 2.05) is 0 Å². The van der Waals surface area contributed by atoms with Crippen LogP contribution in [0.3, 0.4) is 0 Å². The Bertz CT molecular complexity index is 681. The number of H-pyrrole nitrogens is 1. The van der Waals surface area contributed by atoms with Gasteiger partial charge in [0.1, 0.15) is 0 Å². The third-order valence-electron chi connectivity index (χ3n) is 4.25. The summed E-state index contributed by atoms with van der Waals surface area (Å²) in [6.07, 6.45) is 7.06. The average Bonchev–Trinajstić information content (AvgIpc) is 2.92. The van der Waals surface area contributed by atoms with Crippen LogP contribution in [0.4, 0.5) is 0 Å². The maximum Gasteiger partial charge on any atom is 0.0456 e. The highest BCUT2D eigenvalue weighted by atomic mass is 14.7. The van der Waals surface area contributed by atoms with Crippen LogP contribution in [-0.4, -0.2) is 4.98 Å². The van der Waals surface area contributed by atoms with E-state index in [4.69, 9.17) is 0 Å². The minimum absolute atomic E-state index is 0.719. The molecule has 0 aliphatic rings. The molecule has 0 saturated heterocycles. The molecule has 0 spiro atoms. The standard InChI is InChI=1S/C20H23N/c1-2-8-17(13-16-9-4-3-5-10-16)14-18-15-21-20-12-7-6-11-19(18)20/h3-7,9-12,15,17,21H,2,8,13-14H2,1H3. The molecule has 0 amide bonds. The first-order valence-corrected chi connectivity index (χ1v) is 7.95. The number of nitrogens with one attached hydrogen (secondary N) is 1. The summed E-state index contributed by atoms with van der Waals surface area (Å²) in [5.74, 6) is 0.719. The molecule has 1 unspecified atom stereocenters. The number of hydrogen-bond donors (Lipinski definition) is 1. The van der Waals surface area contributed by atoms with Gasteiger partial charge in [-0.15, -0.1) is 0 Å². The number of hydrogen-bond acceptors (Lipinski definition) is 0. The molecule has 0 bridgehead atoms. The van der Waals surface area contributed by atoms with E-state index in [0.29, 0.717) is 0 Å². The number of aromatic amines is 1. The zero-order valence-electron chi connectivity index (χ0n) is 12.7. The summed E-state index contributed by atoms with van der Waals surface area (Å²) < 4.78 is 0. The summed E-state index contributed by atoms with van der Waals surface area (Å²) in [6, 6.07) is 19.5. The minimum Gasteiger partial charge on any atom is -0.361 e. The third kappa shape index (κ3) is 3.36. The second-order valence-electron chi connectivity index (χ2n) is 5.91. The van der Waals surface area contributed by atoms with Crippen molar-refractivity contribution in [3.05, 3.63) is 71.9 Å². The molecular formula is C20H23N. The molecule has 0 radical (unpaired) electrons. The Morgan fingerprint density at radius 1 is 0.905 bits per heavy atom. The van der Waals surface area contributed by atoms with E-state index in [2.05, 4.69) is 72.7 Å². The predicted molar refractivity (Wildman–Crippen MR) is 90.5 cm³/mol. The number of rotatable bonds is 6. The van der Waals surface area contributed by atoms with E-state index in [1.165, 1.54) is 41.3 Å². The lowest BCUT2D eigenvalue weighted by Crippen LogP contribution is -2.08. The molecule has 2 aromatic carbocycles. The van der Waals surface area contributed by atoms with Crippen LogP contribution in [-0.2, 0) is 12.8 Å². The second kappa shape index (κ2) is 6.62. The predicted octanol–water partition coefficient (Wildman–Crippen LogP) is 5.37. The maximum atomic E-state index is 3.40. The Kier molecular flexibility index (Phi) is 4.40. The topological polar surface area (TPSA) is 15.8 Å². The SMILES string of the molecule is CCCC(Cc1ccccc1)Cc1c[nH]c2ccccc12. The van der Waals surface area contributed by atoms with Gasteiger partial charge < -0.3 is 4.98 Å². The highest BCUT2D eigenvalue weighted by Gasteiger charge is 2.12.